The largest absolute Gasteiger partial charge is 0.391 e. The molecule has 0 bridgehead atoms. The number of hydrogen-bond acceptors (Lipinski definition) is 5. The molecule has 0 aromatic carbocycles. The Balaban J connectivity index is 2.75. The lowest BCUT2D eigenvalue weighted by Crippen LogP contribution is -2.51. The summed E-state index contributed by atoms with van der Waals surface area (Å²) in [6.07, 6.45) is 1.69. The van der Waals surface area contributed by atoms with Crippen molar-refractivity contribution in [3.8, 4) is 0 Å². The molecular weight excluding hydrogens is 226 g/mol. The van der Waals surface area contributed by atoms with E-state index < -0.39 is 24.0 Å². The fourth-order valence-corrected chi connectivity index (χ4v) is 1.20. The second-order valence-corrected chi connectivity index (χ2v) is 3.41. The molecule has 0 unspecified atom stereocenters. The highest BCUT2D eigenvalue weighted by Crippen LogP contribution is 1.99. The van der Waals surface area contributed by atoms with E-state index in [4.69, 9.17) is 5.21 Å². The molecule has 1 rings (SSSR count). The lowest BCUT2D eigenvalue weighted by molar-refractivity contribution is -0.133. The van der Waals surface area contributed by atoms with Gasteiger partial charge in [-0.1, -0.05) is 0 Å². The number of nitrogens with zero attached hydrogens (tertiary/aromatic N) is 1. The van der Waals surface area contributed by atoms with Crippen molar-refractivity contribution in [1.82, 2.24) is 15.8 Å². The molecule has 17 heavy (non-hydrogen) atoms. The van der Waals surface area contributed by atoms with Crippen LogP contribution in [-0.2, 0) is 4.79 Å². The first-order valence-electron chi connectivity index (χ1n) is 4.89. The molecule has 1 aromatic heterocycles. The first kappa shape index (κ1) is 13.1. The van der Waals surface area contributed by atoms with Gasteiger partial charge in [-0.05, 0) is 19.1 Å². The minimum atomic E-state index is -1.23. The van der Waals surface area contributed by atoms with Crippen LogP contribution < -0.4 is 10.8 Å². The van der Waals surface area contributed by atoms with Crippen LogP contribution in [0.1, 0.15) is 17.3 Å². The van der Waals surface area contributed by atoms with Crippen LogP contribution in [0.2, 0.25) is 0 Å². The van der Waals surface area contributed by atoms with Crippen LogP contribution in [0.25, 0.3) is 0 Å². The van der Waals surface area contributed by atoms with Gasteiger partial charge >= 0.3 is 0 Å². The number of nitrogens with one attached hydrogen (secondary N) is 2. The number of rotatable bonds is 4. The number of amides is 2. The summed E-state index contributed by atoms with van der Waals surface area (Å²) >= 11 is 0. The van der Waals surface area contributed by atoms with Crippen LogP contribution in [-0.4, -0.2) is 39.3 Å². The number of hydroxylamine groups is 1. The van der Waals surface area contributed by atoms with Gasteiger partial charge in [0.1, 0.15) is 6.04 Å². The van der Waals surface area contributed by atoms with Crippen LogP contribution in [0.3, 0.4) is 0 Å². The monoisotopic (exact) mass is 239 g/mol. The SMILES string of the molecule is C[C@H](O)[C@@H](NC(=O)c1cccnc1)C(=O)NO. The smallest absolute Gasteiger partial charge is 0.268 e. The number of aliphatic hydroxyl groups is 1. The van der Waals surface area contributed by atoms with E-state index in [1.165, 1.54) is 30.9 Å². The van der Waals surface area contributed by atoms with Gasteiger partial charge in [-0.2, -0.15) is 0 Å². The maximum absolute atomic E-state index is 11.7. The number of aromatic nitrogens is 1. The third-order valence-electron chi connectivity index (χ3n) is 2.09. The fraction of sp³-hybridized carbons (Fsp3) is 0.300. The molecule has 0 aliphatic carbocycles. The molecule has 0 spiro atoms. The van der Waals surface area contributed by atoms with Gasteiger partial charge in [-0.25, -0.2) is 5.48 Å². The first-order chi connectivity index (χ1) is 8.06. The molecule has 2 amide bonds. The summed E-state index contributed by atoms with van der Waals surface area (Å²) in [4.78, 5) is 26.6. The van der Waals surface area contributed by atoms with E-state index >= 15 is 0 Å². The topological polar surface area (TPSA) is 112 Å². The highest BCUT2D eigenvalue weighted by Gasteiger charge is 2.25. The second-order valence-electron chi connectivity index (χ2n) is 3.41. The number of carbonyl (C=O) groups is 2. The molecule has 7 nitrogen and oxygen atoms in total. The average molecular weight is 239 g/mol. The zero-order valence-corrected chi connectivity index (χ0v) is 9.12. The highest BCUT2D eigenvalue weighted by atomic mass is 16.5. The number of hydrogen-bond donors (Lipinski definition) is 4. The van der Waals surface area contributed by atoms with Crippen LogP contribution in [0.15, 0.2) is 24.5 Å². The van der Waals surface area contributed by atoms with Crippen molar-refractivity contribution in [2.24, 2.45) is 0 Å². The maximum Gasteiger partial charge on any atom is 0.268 e. The lowest BCUT2D eigenvalue weighted by Gasteiger charge is -2.18. The van der Waals surface area contributed by atoms with E-state index in [9.17, 15) is 14.7 Å². The van der Waals surface area contributed by atoms with E-state index in [1.54, 1.807) is 6.07 Å². The molecule has 0 saturated heterocycles. The average Bonchev–Trinajstić information content (AvgIpc) is 2.35. The summed E-state index contributed by atoms with van der Waals surface area (Å²) in [5, 5.41) is 20.1. The van der Waals surface area contributed by atoms with E-state index in [0.717, 1.165) is 0 Å². The van der Waals surface area contributed by atoms with Crippen molar-refractivity contribution >= 4 is 11.8 Å². The normalized spacial score (nSPS) is 13.6. The molecule has 2 atom stereocenters. The van der Waals surface area contributed by atoms with E-state index in [0.29, 0.717) is 0 Å². The minimum absolute atomic E-state index is 0.254. The molecule has 92 valence electrons. The van der Waals surface area contributed by atoms with Crippen molar-refractivity contribution in [1.29, 1.82) is 0 Å². The Morgan fingerprint density at radius 3 is 2.65 bits per heavy atom. The van der Waals surface area contributed by atoms with Gasteiger partial charge in [0.05, 0.1) is 11.7 Å². The van der Waals surface area contributed by atoms with Crippen molar-refractivity contribution in [2.45, 2.75) is 19.1 Å². The molecule has 7 heteroatoms. The third kappa shape index (κ3) is 3.51. The third-order valence-corrected chi connectivity index (χ3v) is 2.09. The number of pyridine rings is 1. The Kier molecular flexibility index (Phi) is 4.56. The second kappa shape index (κ2) is 5.92. The van der Waals surface area contributed by atoms with Crippen molar-refractivity contribution in [2.75, 3.05) is 0 Å². The number of carbonyl (C=O) groups excluding carboxylic acids is 2. The molecule has 0 radical (unpaired) electrons. The van der Waals surface area contributed by atoms with Gasteiger partial charge in [-0.3, -0.25) is 19.8 Å². The van der Waals surface area contributed by atoms with E-state index in [-0.39, 0.29) is 5.56 Å². The summed E-state index contributed by atoms with van der Waals surface area (Å²) in [6, 6.07) is 1.85. The Morgan fingerprint density at radius 2 is 2.18 bits per heavy atom. The molecule has 1 aromatic rings. The van der Waals surface area contributed by atoms with Crippen LogP contribution in [0.4, 0.5) is 0 Å². The van der Waals surface area contributed by atoms with Crippen LogP contribution in [0.5, 0.6) is 0 Å². The molecule has 0 aliphatic rings. The minimum Gasteiger partial charge on any atom is -0.391 e. The lowest BCUT2D eigenvalue weighted by atomic mass is 10.1. The summed E-state index contributed by atoms with van der Waals surface area (Å²) in [5.74, 6) is -1.45. The molecular formula is C10H13N3O4. The quantitative estimate of drug-likeness (QED) is 0.400. The summed E-state index contributed by atoms with van der Waals surface area (Å²) < 4.78 is 0. The van der Waals surface area contributed by atoms with Gasteiger partial charge in [0.2, 0.25) is 0 Å². The summed E-state index contributed by atoms with van der Waals surface area (Å²) in [7, 11) is 0. The Labute approximate surface area is 97.4 Å². The van der Waals surface area contributed by atoms with Gasteiger partial charge in [0, 0.05) is 12.4 Å². The Morgan fingerprint density at radius 1 is 1.47 bits per heavy atom. The summed E-state index contributed by atoms with van der Waals surface area (Å²) in [6.45, 7) is 1.32. The van der Waals surface area contributed by atoms with Crippen LogP contribution in [0, 0.1) is 0 Å². The van der Waals surface area contributed by atoms with Gasteiger partial charge < -0.3 is 10.4 Å². The van der Waals surface area contributed by atoms with Gasteiger partial charge in [0.25, 0.3) is 11.8 Å². The number of aliphatic hydroxyl groups excluding tert-OH is 1. The Hall–Kier alpha value is -1.99. The molecule has 0 aliphatic heterocycles. The zero-order chi connectivity index (χ0) is 12.8. The van der Waals surface area contributed by atoms with Crippen molar-refractivity contribution in [3.05, 3.63) is 30.1 Å². The van der Waals surface area contributed by atoms with Crippen molar-refractivity contribution < 1.29 is 19.9 Å². The first-order valence-corrected chi connectivity index (χ1v) is 4.89. The molecule has 0 fully saturated rings. The standard InChI is InChI=1S/C10H13N3O4/c1-6(14)8(10(16)13-17)12-9(15)7-3-2-4-11-5-7/h2-6,8,14,17H,1H3,(H,12,15)(H,13,16)/t6-,8+/m0/s1. The predicted molar refractivity (Wildman–Crippen MR) is 57.1 cm³/mol. The van der Waals surface area contributed by atoms with E-state index in [1.807, 2.05) is 0 Å². The van der Waals surface area contributed by atoms with Crippen molar-refractivity contribution in [3.63, 3.8) is 0 Å². The zero-order valence-electron chi connectivity index (χ0n) is 9.12. The van der Waals surface area contributed by atoms with Gasteiger partial charge in [0.15, 0.2) is 0 Å². The molecule has 0 saturated carbocycles. The molecule has 4 N–H and O–H groups in total. The maximum atomic E-state index is 11.7. The predicted octanol–water partition coefficient (Wildman–Crippen LogP) is -0.934. The van der Waals surface area contributed by atoms with Crippen LogP contribution >= 0.6 is 0 Å². The summed E-state index contributed by atoms with van der Waals surface area (Å²) in [5.41, 5.74) is 1.63. The van der Waals surface area contributed by atoms with Gasteiger partial charge in [-0.15, -0.1) is 0 Å². The fourth-order valence-electron chi connectivity index (χ4n) is 1.20. The van der Waals surface area contributed by atoms with E-state index in [2.05, 4.69) is 10.3 Å². The molecule has 1 heterocycles. The Bertz CT molecular complexity index is 394. The highest BCUT2D eigenvalue weighted by molar-refractivity contribution is 5.97.